The van der Waals surface area contributed by atoms with Crippen molar-refractivity contribution < 1.29 is 24.5 Å². The number of aromatic hydroxyl groups is 2. The number of ketones is 2. The van der Waals surface area contributed by atoms with Gasteiger partial charge in [0.1, 0.15) is 17.2 Å². The summed E-state index contributed by atoms with van der Waals surface area (Å²) in [4.78, 5) is 24.1. The molecule has 0 bridgehead atoms. The van der Waals surface area contributed by atoms with Crippen molar-refractivity contribution in [3.63, 3.8) is 0 Å². The highest BCUT2D eigenvalue weighted by Gasteiger charge is 2.17. The Hall–Kier alpha value is -2.82. The van der Waals surface area contributed by atoms with Crippen LogP contribution in [0, 0.1) is 0 Å². The number of phenols is 2. The number of benzene rings is 2. The largest absolute Gasteiger partial charge is 0.508 e. The first-order valence-electron chi connectivity index (χ1n) is 6.23. The molecule has 0 amide bonds. The van der Waals surface area contributed by atoms with E-state index in [4.69, 9.17) is 4.74 Å². The molecule has 0 unspecified atom stereocenters. The van der Waals surface area contributed by atoms with E-state index in [0.717, 1.165) is 6.07 Å². The number of Topliss-reactive ketones (excluding diaryl/α,β-unsaturated/α-hetero) is 2. The molecule has 0 saturated heterocycles. The number of hydrogen-bond donors (Lipinski definition) is 2. The monoisotopic (exact) mass is 286 g/mol. The average Bonchev–Trinajstić information content (AvgIpc) is 2.47. The third kappa shape index (κ3) is 3.39. The molecule has 0 heterocycles. The van der Waals surface area contributed by atoms with Crippen molar-refractivity contribution >= 4 is 11.6 Å². The number of carbonyl (C=O) groups is 2. The van der Waals surface area contributed by atoms with Crippen LogP contribution in [0.5, 0.6) is 17.2 Å². The SMILES string of the molecule is COc1cccc(C(=O)CC(=O)c2ccc(O)cc2O)c1. The Kier molecular flexibility index (Phi) is 4.23. The highest BCUT2D eigenvalue weighted by Crippen LogP contribution is 2.24. The lowest BCUT2D eigenvalue weighted by Crippen LogP contribution is -2.09. The summed E-state index contributed by atoms with van der Waals surface area (Å²) in [5.41, 5.74) is 0.366. The fourth-order valence-electron chi connectivity index (χ4n) is 1.90. The molecule has 0 aliphatic heterocycles. The minimum absolute atomic E-state index is 0.00375. The number of methoxy groups -OCH3 is 1. The van der Waals surface area contributed by atoms with Gasteiger partial charge in [-0.1, -0.05) is 12.1 Å². The zero-order valence-corrected chi connectivity index (χ0v) is 11.4. The Morgan fingerprint density at radius 2 is 1.81 bits per heavy atom. The van der Waals surface area contributed by atoms with E-state index in [2.05, 4.69) is 0 Å². The fraction of sp³-hybridized carbons (Fsp3) is 0.125. The van der Waals surface area contributed by atoms with Crippen molar-refractivity contribution in [3.05, 3.63) is 53.6 Å². The molecule has 0 atom stereocenters. The van der Waals surface area contributed by atoms with Gasteiger partial charge in [0.15, 0.2) is 11.6 Å². The molecule has 0 fully saturated rings. The van der Waals surface area contributed by atoms with Gasteiger partial charge in [0.2, 0.25) is 0 Å². The van der Waals surface area contributed by atoms with Crippen LogP contribution in [0.2, 0.25) is 0 Å². The molecule has 0 aliphatic rings. The second-order valence-corrected chi connectivity index (χ2v) is 4.46. The second kappa shape index (κ2) is 6.09. The van der Waals surface area contributed by atoms with Crippen molar-refractivity contribution in [1.82, 2.24) is 0 Å². The molecule has 0 aromatic heterocycles. The zero-order valence-electron chi connectivity index (χ0n) is 11.4. The molecule has 0 aliphatic carbocycles. The first kappa shape index (κ1) is 14.6. The molecule has 0 saturated carbocycles. The number of carbonyl (C=O) groups excluding carboxylic acids is 2. The molecule has 2 aromatic rings. The van der Waals surface area contributed by atoms with Gasteiger partial charge in [0.05, 0.1) is 19.1 Å². The minimum Gasteiger partial charge on any atom is -0.508 e. The minimum atomic E-state index is -0.514. The van der Waals surface area contributed by atoms with E-state index in [-0.39, 0.29) is 29.3 Å². The average molecular weight is 286 g/mol. The van der Waals surface area contributed by atoms with Crippen LogP contribution in [0.15, 0.2) is 42.5 Å². The van der Waals surface area contributed by atoms with Crippen molar-refractivity contribution in [2.24, 2.45) is 0 Å². The number of ether oxygens (including phenoxy) is 1. The van der Waals surface area contributed by atoms with Crippen LogP contribution in [0.1, 0.15) is 27.1 Å². The third-order valence-corrected chi connectivity index (χ3v) is 2.99. The highest BCUT2D eigenvalue weighted by atomic mass is 16.5. The summed E-state index contributed by atoms with van der Waals surface area (Å²) < 4.78 is 5.02. The van der Waals surface area contributed by atoms with Gasteiger partial charge in [-0.05, 0) is 24.3 Å². The van der Waals surface area contributed by atoms with E-state index in [1.807, 2.05) is 0 Å². The lowest BCUT2D eigenvalue weighted by atomic mass is 10.0. The van der Waals surface area contributed by atoms with E-state index in [0.29, 0.717) is 11.3 Å². The van der Waals surface area contributed by atoms with Crippen LogP contribution in [0.25, 0.3) is 0 Å². The molecule has 5 nitrogen and oxygen atoms in total. The standard InChI is InChI=1S/C16H14O5/c1-21-12-4-2-3-10(7-12)14(18)9-16(20)13-6-5-11(17)8-15(13)19/h2-8,17,19H,9H2,1H3. The number of rotatable bonds is 5. The van der Waals surface area contributed by atoms with Crippen LogP contribution in [0.4, 0.5) is 0 Å². The highest BCUT2D eigenvalue weighted by molar-refractivity contribution is 6.14. The van der Waals surface area contributed by atoms with Gasteiger partial charge in [-0.15, -0.1) is 0 Å². The topological polar surface area (TPSA) is 83.8 Å². The van der Waals surface area contributed by atoms with E-state index in [1.54, 1.807) is 24.3 Å². The van der Waals surface area contributed by atoms with E-state index < -0.39 is 5.78 Å². The summed E-state index contributed by atoms with van der Waals surface area (Å²) in [6.45, 7) is 0. The number of hydrogen-bond acceptors (Lipinski definition) is 5. The van der Waals surface area contributed by atoms with Gasteiger partial charge < -0.3 is 14.9 Å². The summed E-state index contributed by atoms with van der Waals surface area (Å²) in [6.07, 6.45) is -0.370. The maximum absolute atomic E-state index is 12.1. The summed E-state index contributed by atoms with van der Waals surface area (Å²) >= 11 is 0. The predicted octanol–water partition coefficient (Wildman–Crippen LogP) is 2.56. The van der Waals surface area contributed by atoms with Crippen molar-refractivity contribution in [1.29, 1.82) is 0 Å². The van der Waals surface area contributed by atoms with Gasteiger partial charge in [0.25, 0.3) is 0 Å². The maximum Gasteiger partial charge on any atom is 0.174 e. The molecule has 2 aromatic carbocycles. The zero-order chi connectivity index (χ0) is 15.4. The van der Waals surface area contributed by atoms with Crippen molar-refractivity contribution in [2.45, 2.75) is 6.42 Å². The molecular weight excluding hydrogens is 272 g/mol. The lowest BCUT2D eigenvalue weighted by molar-refractivity contribution is 0.0893. The lowest BCUT2D eigenvalue weighted by Gasteiger charge is -2.05. The molecule has 0 radical (unpaired) electrons. The first-order valence-corrected chi connectivity index (χ1v) is 6.23. The Labute approximate surface area is 121 Å². The van der Waals surface area contributed by atoms with Gasteiger partial charge >= 0.3 is 0 Å². The quantitative estimate of drug-likeness (QED) is 0.652. The van der Waals surface area contributed by atoms with Gasteiger partial charge in [-0.2, -0.15) is 0 Å². The first-order chi connectivity index (χ1) is 10.0. The van der Waals surface area contributed by atoms with Gasteiger partial charge in [-0.25, -0.2) is 0 Å². The normalized spacial score (nSPS) is 10.1. The smallest absolute Gasteiger partial charge is 0.174 e. The second-order valence-electron chi connectivity index (χ2n) is 4.46. The maximum atomic E-state index is 12.1. The summed E-state index contributed by atoms with van der Waals surface area (Å²) in [5.74, 6) is -0.853. The van der Waals surface area contributed by atoms with Gasteiger partial charge in [0, 0.05) is 11.6 Å². The summed E-state index contributed by atoms with van der Waals surface area (Å²) in [5, 5.41) is 18.8. The van der Waals surface area contributed by atoms with Gasteiger partial charge in [-0.3, -0.25) is 9.59 Å². The summed E-state index contributed by atoms with van der Waals surface area (Å²) in [7, 11) is 1.49. The predicted molar refractivity (Wildman–Crippen MR) is 76.0 cm³/mol. The third-order valence-electron chi connectivity index (χ3n) is 2.99. The van der Waals surface area contributed by atoms with Crippen molar-refractivity contribution in [3.8, 4) is 17.2 Å². The van der Waals surface area contributed by atoms with Crippen LogP contribution in [-0.2, 0) is 0 Å². The van der Waals surface area contributed by atoms with Crippen LogP contribution < -0.4 is 4.74 Å². The fourth-order valence-corrected chi connectivity index (χ4v) is 1.90. The molecule has 2 N–H and O–H groups in total. The molecule has 21 heavy (non-hydrogen) atoms. The number of phenolic OH excluding ortho intramolecular Hbond substituents is 2. The van der Waals surface area contributed by atoms with Crippen LogP contribution >= 0.6 is 0 Å². The molecular formula is C16H14O5. The molecule has 0 spiro atoms. The Morgan fingerprint density at radius 1 is 1.05 bits per heavy atom. The van der Waals surface area contributed by atoms with E-state index >= 15 is 0 Å². The summed E-state index contributed by atoms with van der Waals surface area (Å²) in [6, 6.07) is 10.1. The van der Waals surface area contributed by atoms with Crippen LogP contribution in [-0.4, -0.2) is 28.9 Å². The Balaban J connectivity index is 2.16. The van der Waals surface area contributed by atoms with Crippen LogP contribution in [0.3, 0.4) is 0 Å². The molecule has 5 heteroatoms. The Morgan fingerprint density at radius 3 is 2.48 bits per heavy atom. The van der Waals surface area contributed by atoms with E-state index in [1.165, 1.54) is 19.2 Å². The van der Waals surface area contributed by atoms with E-state index in [9.17, 15) is 19.8 Å². The van der Waals surface area contributed by atoms with Crippen molar-refractivity contribution in [2.75, 3.05) is 7.11 Å². The molecule has 108 valence electrons. The Bertz CT molecular complexity index is 691. The molecule has 2 rings (SSSR count).